The fraction of sp³-hybridized carbons (Fsp3) is 0.333. The van der Waals surface area contributed by atoms with Gasteiger partial charge in [0.15, 0.2) is 0 Å². The molecule has 8 nitrogen and oxygen atoms in total. The van der Waals surface area contributed by atoms with Gasteiger partial charge in [0.05, 0.1) is 12.2 Å². The molecular weight excluding hydrogens is 406 g/mol. The molecule has 1 atom stereocenters. The fourth-order valence-corrected chi connectivity index (χ4v) is 3.54. The third-order valence-corrected chi connectivity index (χ3v) is 5.31. The Hall–Kier alpha value is -3.68. The highest BCUT2D eigenvalue weighted by Crippen LogP contribution is 2.35. The Balaban J connectivity index is 1.57. The molecule has 1 unspecified atom stereocenters. The molecule has 2 heterocycles. The molecule has 0 saturated heterocycles. The highest BCUT2D eigenvalue weighted by atomic mass is 16.5. The molecule has 4 rings (SSSR count). The molecule has 0 bridgehead atoms. The van der Waals surface area contributed by atoms with E-state index in [0.29, 0.717) is 29.7 Å². The van der Waals surface area contributed by atoms with Gasteiger partial charge in [-0.2, -0.15) is 4.68 Å². The Morgan fingerprint density at radius 3 is 2.59 bits per heavy atom. The first-order valence-corrected chi connectivity index (χ1v) is 10.7. The van der Waals surface area contributed by atoms with Crippen LogP contribution in [-0.4, -0.2) is 32.8 Å². The number of anilines is 1. The summed E-state index contributed by atoms with van der Waals surface area (Å²) in [4.78, 5) is 13.1. The molecule has 1 aliphatic rings. The smallest absolute Gasteiger partial charge is 0.338 e. The molecule has 0 aliphatic carbocycles. The van der Waals surface area contributed by atoms with Crippen molar-refractivity contribution < 1.29 is 14.3 Å². The van der Waals surface area contributed by atoms with Gasteiger partial charge in [0, 0.05) is 5.70 Å². The van der Waals surface area contributed by atoms with Gasteiger partial charge in [-0.15, -0.1) is 0 Å². The number of esters is 1. The number of hydrogen-bond acceptors (Lipinski definition) is 7. The van der Waals surface area contributed by atoms with Gasteiger partial charge in [-0.3, -0.25) is 0 Å². The largest absolute Gasteiger partial charge is 0.494 e. The van der Waals surface area contributed by atoms with Crippen LogP contribution >= 0.6 is 0 Å². The number of benzene rings is 2. The number of aromatic nitrogens is 4. The number of allylic oxidation sites excluding steroid dienone is 1. The Kier molecular flexibility index (Phi) is 6.49. The average Bonchev–Trinajstić information content (AvgIpc) is 3.25. The second kappa shape index (κ2) is 9.64. The molecule has 32 heavy (non-hydrogen) atoms. The summed E-state index contributed by atoms with van der Waals surface area (Å²) >= 11 is 0. The van der Waals surface area contributed by atoms with Crippen molar-refractivity contribution in [3.63, 3.8) is 0 Å². The standard InChI is InChI=1S/C24H27N5O3/c1-16(2)13-14-31-20-11-9-19(10-12-20)22-21(17(3)25-24-26-27-28-29(22)24)23(30)32-15-18-7-5-4-6-8-18/h4-12,16,22H,13-15H2,1-3H3,(H,25,26,28). The molecule has 166 valence electrons. The highest BCUT2D eigenvalue weighted by molar-refractivity contribution is 5.92. The first-order chi connectivity index (χ1) is 15.5. The highest BCUT2D eigenvalue weighted by Gasteiger charge is 2.35. The third-order valence-electron chi connectivity index (χ3n) is 5.31. The van der Waals surface area contributed by atoms with E-state index in [1.165, 1.54) is 0 Å². The summed E-state index contributed by atoms with van der Waals surface area (Å²) in [5.41, 5.74) is 2.91. The van der Waals surface area contributed by atoms with Crippen molar-refractivity contribution in [2.24, 2.45) is 5.92 Å². The molecule has 2 aromatic carbocycles. The summed E-state index contributed by atoms with van der Waals surface area (Å²) in [6, 6.07) is 16.8. The lowest BCUT2D eigenvalue weighted by molar-refractivity contribution is -0.140. The van der Waals surface area contributed by atoms with Crippen LogP contribution in [0.15, 0.2) is 65.9 Å². The molecule has 0 fully saturated rings. The minimum Gasteiger partial charge on any atom is -0.494 e. The van der Waals surface area contributed by atoms with E-state index in [1.807, 2.05) is 61.5 Å². The summed E-state index contributed by atoms with van der Waals surface area (Å²) in [6.07, 6.45) is 0.989. The monoisotopic (exact) mass is 433 g/mol. The van der Waals surface area contributed by atoms with Crippen molar-refractivity contribution in [3.8, 4) is 5.75 Å². The second-order valence-corrected chi connectivity index (χ2v) is 8.18. The minimum atomic E-state index is -0.505. The number of carbonyl (C=O) groups is 1. The zero-order chi connectivity index (χ0) is 22.5. The van der Waals surface area contributed by atoms with E-state index in [1.54, 1.807) is 4.68 Å². The van der Waals surface area contributed by atoms with Gasteiger partial charge in [0.25, 0.3) is 0 Å². The van der Waals surface area contributed by atoms with Crippen LogP contribution in [-0.2, 0) is 16.1 Å². The summed E-state index contributed by atoms with van der Waals surface area (Å²) in [7, 11) is 0. The average molecular weight is 434 g/mol. The quantitative estimate of drug-likeness (QED) is 0.534. The second-order valence-electron chi connectivity index (χ2n) is 8.18. The van der Waals surface area contributed by atoms with Gasteiger partial charge in [-0.1, -0.05) is 61.4 Å². The van der Waals surface area contributed by atoms with Crippen LogP contribution in [0.4, 0.5) is 5.95 Å². The van der Waals surface area contributed by atoms with Crippen molar-refractivity contribution >= 4 is 11.9 Å². The third kappa shape index (κ3) is 4.80. The Labute approximate surface area is 187 Å². The molecule has 3 aromatic rings. The Morgan fingerprint density at radius 2 is 1.88 bits per heavy atom. The van der Waals surface area contributed by atoms with E-state index in [0.717, 1.165) is 23.3 Å². The lowest BCUT2D eigenvalue weighted by atomic mass is 9.95. The minimum absolute atomic E-state index is 0.189. The maximum absolute atomic E-state index is 13.1. The van der Waals surface area contributed by atoms with Gasteiger partial charge < -0.3 is 14.8 Å². The summed E-state index contributed by atoms with van der Waals surface area (Å²) in [5.74, 6) is 1.43. The zero-order valence-electron chi connectivity index (χ0n) is 18.5. The lowest BCUT2D eigenvalue weighted by Gasteiger charge is -2.27. The summed E-state index contributed by atoms with van der Waals surface area (Å²) in [6.45, 7) is 7.01. The van der Waals surface area contributed by atoms with Crippen molar-refractivity contribution in [2.45, 2.75) is 39.8 Å². The van der Waals surface area contributed by atoms with Gasteiger partial charge in [0.2, 0.25) is 5.95 Å². The number of ether oxygens (including phenoxy) is 2. The maximum Gasteiger partial charge on any atom is 0.338 e. The van der Waals surface area contributed by atoms with E-state index in [2.05, 4.69) is 34.7 Å². The lowest BCUT2D eigenvalue weighted by Crippen LogP contribution is -2.29. The molecule has 1 aliphatic heterocycles. The van der Waals surface area contributed by atoms with Crippen LogP contribution in [0.2, 0.25) is 0 Å². The van der Waals surface area contributed by atoms with E-state index in [-0.39, 0.29) is 6.61 Å². The van der Waals surface area contributed by atoms with Crippen LogP contribution in [0, 0.1) is 5.92 Å². The van der Waals surface area contributed by atoms with E-state index in [4.69, 9.17) is 9.47 Å². The fourth-order valence-electron chi connectivity index (χ4n) is 3.54. The molecule has 1 aromatic heterocycles. The number of tetrazole rings is 1. The first-order valence-electron chi connectivity index (χ1n) is 10.7. The molecule has 8 heteroatoms. The number of rotatable bonds is 8. The number of nitrogens with zero attached hydrogens (tertiary/aromatic N) is 4. The van der Waals surface area contributed by atoms with E-state index in [9.17, 15) is 4.79 Å². The van der Waals surface area contributed by atoms with Gasteiger partial charge in [-0.25, -0.2) is 4.79 Å². The predicted octanol–water partition coefficient (Wildman–Crippen LogP) is 4.13. The SMILES string of the molecule is CC1=C(C(=O)OCc2ccccc2)C(c2ccc(OCCC(C)C)cc2)n2nnnc2N1. The van der Waals surface area contributed by atoms with Crippen molar-refractivity contribution in [1.82, 2.24) is 20.2 Å². The number of nitrogens with one attached hydrogen (secondary N) is 1. The Bertz CT molecular complexity index is 1090. The first kappa shape index (κ1) is 21.5. The van der Waals surface area contributed by atoms with Crippen LogP contribution in [0.3, 0.4) is 0 Å². The van der Waals surface area contributed by atoms with Crippen molar-refractivity contribution in [1.29, 1.82) is 0 Å². The Morgan fingerprint density at radius 1 is 1.12 bits per heavy atom. The number of fused-ring (bicyclic) bond motifs is 1. The van der Waals surface area contributed by atoms with Crippen LogP contribution in [0.1, 0.15) is 44.4 Å². The number of hydrogen-bond donors (Lipinski definition) is 1. The maximum atomic E-state index is 13.1. The van der Waals surface area contributed by atoms with Crippen molar-refractivity contribution in [2.75, 3.05) is 11.9 Å². The molecular formula is C24H27N5O3. The topological polar surface area (TPSA) is 91.2 Å². The number of carbonyl (C=O) groups excluding carboxylic acids is 1. The molecule has 0 spiro atoms. The molecule has 1 N–H and O–H groups in total. The molecule has 0 radical (unpaired) electrons. The zero-order valence-corrected chi connectivity index (χ0v) is 18.5. The summed E-state index contributed by atoms with van der Waals surface area (Å²) in [5, 5.41) is 15.0. The van der Waals surface area contributed by atoms with Crippen LogP contribution < -0.4 is 10.1 Å². The van der Waals surface area contributed by atoms with E-state index < -0.39 is 12.0 Å². The van der Waals surface area contributed by atoms with Gasteiger partial charge in [0.1, 0.15) is 18.4 Å². The van der Waals surface area contributed by atoms with Crippen LogP contribution in [0.5, 0.6) is 5.75 Å². The predicted molar refractivity (Wildman–Crippen MR) is 120 cm³/mol. The van der Waals surface area contributed by atoms with Crippen LogP contribution in [0.25, 0.3) is 0 Å². The van der Waals surface area contributed by atoms with Gasteiger partial charge >= 0.3 is 5.97 Å². The molecule has 0 saturated carbocycles. The molecule has 0 amide bonds. The summed E-state index contributed by atoms with van der Waals surface area (Å²) < 4.78 is 13.1. The van der Waals surface area contributed by atoms with Gasteiger partial charge in [-0.05, 0) is 52.9 Å². The normalized spacial score (nSPS) is 15.3. The van der Waals surface area contributed by atoms with E-state index >= 15 is 0 Å². The van der Waals surface area contributed by atoms with Crippen molar-refractivity contribution in [3.05, 3.63) is 77.0 Å².